The van der Waals surface area contributed by atoms with Crippen LogP contribution in [0.15, 0.2) is 30.3 Å². The van der Waals surface area contributed by atoms with Crippen molar-refractivity contribution < 1.29 is 19.1 Å². The highest BCUT2D eigenvalue weighted by Crippen LogP contribution is 2.43. The molecule has 1 fully saturated rings. The van der Waals surface area contributed by atoms with E-state index >= 15 is 0 Å². The van der Waals surface area contributed by atoms with Crippen LogP contribution in [0, 0.1) is 0 Å². The minimum atomic E-state index is -2.11. The van der Waals surface area contributed by atoms with Crippen molar-refractivity contribution in [2.45, 2.75) is 70.7 Å². The van der Waals surface area contributed by atoms with E-state index in [0.717, 1.165) is 5.56 Å². The molecule has 25 heavy (non-hydrogen) atoms. The van der Waals surface area contributed by atoms with Crippen LogP contribution in [0.1, 0.15) is 39.7 Å². The van der Waals surface area contributed by atoms with Crippen LogP contribution >= 0.6 is 0 Å². The van der Waals surface area contributed by atoms with E-state index in [-0.39, 0.29) is 18.2 Å². The van der Waals surface area contributed by atoms with E-state index in [2.05, 4.69) is 33.9 Å². The smallest absolute Gasteiger partial charge is 0.412 e. The molecule has 1 aromatic carbocycles. The maximum Gasteiger partial charge on any atom is 0.412 e. The molecule has 0 saturated carbocycles. The quantitative estimate of drug-likeness (QED) is 0.815. The number of hydrogen-bond donors (Lipinski definition) is 1. The zero-order valence-corrected chi connectivity index (χ0v) is 17.2. The molecule has 0 unspecified atom stereocenters. The summed E-state index contributed by atoms with van der Waals surface area (Å²) in [6.45, 7) is 13.1. The molecule has 0 aromatic heterocycles. The van der Waals surface area contributed by atoms with Crippen LogP contribution in [0.5, 0.6) is 0 Å². The zero-order chi connectivity index (χ0) is 18.9. The maximum atomic E-state index is 12.6. The number of hydrogen-bond acceptors (Lipinski definition) is 4. The number of β-amino-alcohol motifs (C(OH)–C–C–N with tert-alkyl or cyclic N) is 1. The first-order valence-electron chi connectivity index (χ1n) is 8.81. The number of ether oxygens (including phenoxy) is 1. The average molecular weight is 366 g/mol. The Balaban J connectivity index is 2.10. The van der Waals surface area contributed by atoms with E-state index < -0.39 is 26.2 Å². The van der Waals surface area contributed by atoms with Crippen LogP contribution in [-0.2, 0) is 15.8 Å². The molecule has 1 amide bonds. The Morgan fingerprint density at radius 2 is 1.92 bits per heavy atom. The first-order chi connectivity index (χ1) is 11.4. The van der Waals surface area contributed by atoms with Gasteiger partial charge in [0.05, 0.1) is 12.6 Å². The summed E-state index contributed by atoms with van der Waals surface area (Å²) < 4.78 is 12.0. The number of carbonyl (C=O) groups excluding carboxylic acids is 1. The summed E-state index contributed by atoms with van der Waals surface area (Å²) in [5.74, 6) is 0. The summed E-state index contributed by atoms with van der Waals surface area (Å²) >= 11 is 0. The Bertz CT molecular complexity index is 599. The minimum Gasteiger partial charge on any atom is -0.444 e. The number of likely N-dealkylation sites (tertiary alicyclic amines) is 1. The van der Waals surface area contributed by atoms with E-state index in [4.69, 9.17) is 9.16 Å². The van der Waals surface area contributed by atoms with Crippen LogP contribution in [-0.4, -0.2) is 42.8 Å². The normalized spacial score (nSPS) is 24.4. The van der Waals surface area contributed by atoms with Crippen LogP contribution in [0.3, 0.4) is 0 Å². The molecule has 0 aliphatic carbocycles. The Kier molecular flexibility index (Phi) is 5.66. The summed E-state index contributed by atoms with van der Waals surface area (Å²) in [5, 5.41) is 10.2. The van der Waals surface area contributed by atoms with E-state index in [9.17, 15) is 9.90 Å². The number of amides is 1. The van der Waals surface area contributed by atoms with Gasteiger partial charge in [-0.05, 0) is 30.6 Å². The molecule has 5 nitrogen and oxygen atoms in total. The van der Waals surface area contributed by atoms with Crippen molar-refractivity contribution in [2.24, 2.45) is 0 Å². The molecule has 1 N–H and O–H groups in total. The van der Waals surface area contributed by atoms with Crippen molar-refractivity contribution in [1.82, 2.24) is 4.90 Å². The van der Waals surface area contributed by atoms with Gasteiger partial charge in [0.25, 0.3) is 0 Å². The van der Waals surface area contributed by atoms with Gasteiger partial charge in [0.2, 0.25) is 0 Å². The van der Waals surface area contributed by atoms with E-state index in [1.807, 2.05) is 37.3 Å². The van der Waals surface area contributed by atoms with Gasteiger partial charge in [-0.3, -0.25) is 4.90 Å². The highest BCUT2D eigenvalue weighted by Gasteiger charge is 2.51. The third-order valence-electron chi connectivity index (χ3n) is 5.29. The molecule has 0 bridgehead atoms. The second-order valence-corrected chi connectivity index (χ2v) is 13.3. The van der Waals surface area contributed by atoms with Crippen LogP contribution < -0.4 is 0 Å². The lowest BCUT2D eigenvalue weighted by Gasteiger charge is -2.45. The lowest BCUT2D eigenvalue weighted by Crippen LogP contribution is -2.55. The van der Waals surface area contributed by atoms with Crippen molar-refractivity contribution in [3.05, 3.63) is 35.9 Å². The van der Waals surface area contributed by atoms with Crippen LogP contribution in [0.25, 0.3) is 0 Å². The van der Waals surface area contributed by atoms with Gasteiger partial charge in [-0.15, -0.1) is 0 Å². The summed E-state index contributed by atoms with van der Waals surface area (Å²) in [5.41, 5.74) is 0.0959. The first kappa shape index (κ1) is 19.9. The van der Waals surface area contributed by atoms with Crippen molar-refractivity contribution >= 4 is 14.4 Å². The molecule has 1 saturated heterocycles. The van der Waals surface area contributed by atoms with Crippen LogP contribution in [0.2, 0.25) is 18.1 Å². The van der Waals surface area contributed by atoms with Gasteiger partial charge in [-0.1, -0.05) is 51.1 Å². The van der Waals surface area contributed by atoms with Gasteiger partial charge < -0.3 is 14.3 Å². The molecule has 0 spiro atoms. The summed E-state index contributed by atoms with van der Waals surface area (Å²) in [6.07, 6.45) is -0.638. The minimum absolute atomic E-state index is 0.0170. The van der Waals surface area contributed by atoms with Gasteiger partial charge in [-0.25, -0.2) is 4.79 Å². The molecule has 6 heteroatoms. The standard InChI is InChI=1S/C19H31NO4Si/c1-18(2,3)25(5,6)24-19(4)12-16(21)13-20(19)17(22)23-14-15-10-8-7-9-11-15/h7-11,16,21H,12-14H2,1-6H3/t16-,19+/m1/s1. The number of benzene rings is 1. The van der Waals surface area contributed by atoms with Gasteiger partial charge in [0.1, 0.15) is 12.3 Å². The monoisotopic (exact) mass is 365 g/mol. The molecular weight excluding hydrogens is 334 g/mol. The van der Waals surface area contributed by atoms with Crippen molar-refractivity contribution in [1.29, 1.82) is 0 Å². The highest BCUT2D eigenvalue weighted by molar-refractivity contribution is 6.74. The Morgan fingerprint density at radius 3 is 2.48 bits per heavy atom. The molecule has 140 valence electrons. The number of aliphatic hydroxyl groups excluding tert-OH is 1. The molecule has 1 aliphatic rings. The van der Waals surface area contributed by atoms with Gasteiger partial charge in [-0.2, -0.15) is 0 Å². The topological polar surface area (TPSA) is 59.0 Å². The molecule has 2 rings (SSSR count). The molecule has 1 heterocycles. The predicted octanol–water partition coefficient (Wildman–Crippen LogP) is 4.13. The average Bonchev–Trinajstić information content (AvgIpc) is 2.78. The number of carbonyl (C=O) groups is 1. The maximum absolute atomic E-state index is 12.6. The van der Waals surface area contributed by atoms with Crippen LogP contribution in [0.4, 0.5) is 4.79 Å². The fourth-order valence-corrected chi connectivity index (χ4v) is 4.48. The van der Waals surface area contributed by atoms with E-state index in [0.29, 0.717) is 6.42 Å². The fourth-order valence-electron chi connectivity index (χ4n) is 2.88. The first-order valence-corrected chi connectivity index (χ1v) is 11.7. The number of nitrogens with zero attached hydrogens (tertiary/aromatic N) is 1. The van der Waals surface area contributed by atoms with Gasteiger partial charge >= 0.3 is 6.09 Å². The Labute approximate surface area is 152 Å². The highest BCUT2D eigenvalue weighted by atomic mass is 28.4. The van der Waals surface area contributed by atoms with Crippen molar-refractivity contribution in [3.63, 3.8) is 0 Å². The number of rotatable bonds is 4. The van der Waals surface area contributed by atoms with E-state index in [1.54, 1.807) is 4.90 Å². The zero-order valence-electron chi connectivity index (χ0n) is 16.2. The second-order valence-electron chi connectivity index (χ2n) is 8.55. The Hall–Kier alpha value is -1.37. The molecule has 2 atom stereocenters. The summed E-state index contributed by atoms with van der Waals surface area (Å²) in [4.78, 5) is 14.2. The molecule has 0 radical (unpaired) electrons. The number of aliphatic hydroxyl groups is 1. The summed E-state index contributed by atoms with van der Waals surface area (Å²) in [7, 11) is -2.11. The SMILES string of the molecule is CC(C)(C)[Si](C)(C)O[C@@]1(C)C[C@@H](O)CN1C(=O)OCc1ccccc1. The van der Waals surface area contributed by atoms with Gasteiger partial charge in [0.15, 0.2) is 8.32 Å². The van der Waals surface area contributed by atoms with E-state index in [1.165, 1.54) is 0 Å². The second kappa shape index (κ2) is 7.09. The molecule has 1 aliphatic heterocycles. The third kappa shape index (κ3) is 4.62. The molecular formula is C19H31NO4Si. The largest absolute Gasteiger partial charge is 0.444 e. The molecule has 1 aromatic rings. The van der Waals surface area contributed by atoms with Gasteiger partial charge in [0, 0.05) is 6.42 Å². The predicted molar refractivity (Wildman–Crippen MR) is 101 cm³/mol. The summed E-state index contributed by atoms with van der Waals surface area (Å²) in [6, 6.07) is 9.57. The lowest BCUT2D eigenvalue weighted by atomic mass is 10.2. The fraction of sp³-hybridized carbons (Fsp3) is 0.632. The Morgan fingerprint density at radius 1 is 1.32 bits per heavy atom. The van der Waals surface area contributed by atoms with Crippen molar-refractivity contribution in [2.75, 3.05) is 6.54 Å². The third-order valence-corrected chi connectivity index (χ3v) is 9.85. The van der Waals surface area contributed by atoms with Crippen molar-refractivity contribution in [3.8, 4) is 0 Å². The lowest BCUT2D eigenvalue weighted by molar-refractivity contribution is -0.0475.